The van der Waals surface area contributed by atoms with Gasteiger partial charge in [0.1, 0.15) is 0 Å². The summed E-state index contributed by atoms with van der Waals surface area (Å²) in [5.74, 6) is 0. The highest BCUT2D eigenvalue weighted by molar-refractivity contribution is 7.10. The summed E-state index contributed by atoms with van der Waals surface area (Å²) in [5, 5.41) is 8.20. The average Bonchev–Trinajstić information content (AvgIpc) is 3.26. The quantitative estimate of drug-likeness (QED) is 0.823. The Hall–Kier alpha value is -1.81. The van der Waals surface area contributed by atoms with E-state index in [2.05, 4.69) is 40.3 Å². The predicted octanol–water partition coefficient (Wildman–Crippen LogP) is 4.10. The maximum atomic E-state index is 12.1. The van der Waals surface area contributed by atoms with E-state index in [1.807, 2.05) is 29.5 Å². The number of hydrogen-bond donors (Lipinski definition) is 2. The smallest absolute Gasteiger partial charge is 0.314 e. The van der Waals surface area contributed by atoms with Crippen LogP contribution < -0.4 is 10.6 Å². The van der Waals surface area contributed by atoms with Crippen molar-refractivity contribution in [1.82, 2.24) is 10.6 Å². The first kappa shape index (κ1) is 16.1. The molecule has 0 atom stereocenters. The van der Waals surface area contributed by atoms with Crippen LogP contribution in [0.2, 0.25) is 0 Å². The second-order valence-corrected chi connectivity index (χ2v) is 7.26. The van der Waals surface area contributed by atoms with Crippen molar-refractivity contribution >= 4 is 17.4 Å². The van der Waals surface area contributed by atoms with Crippen LogP contribution in [-0.2, 0) is 11.8 Å². The molecule has 0 spiro atoms. The molecule has 0 aliphatic heterocycles. The second kappa shape index (κ2) is 7.64. The molecule has 2 amide bonds. The number of carbonyl (C=O) groups is 1. The molecule has 0 bridgehead atoms. The molecule has 1 aliphatic carbocycles. The van der Waals surface area contributed by atoms with Crippen LogP contribution in [0.3, 0.4) is 0 Å². The summed E-state index contributed by atoms with van der Waals surface area (Å²) in [4.78, 5) is 13.5. The number of rotatable bonds is 6. The van der Waals surface area contributed by atoms with Crippen LogP contribution in [-0.4, -0.2) is 19.1 Å². The molecule has 1 aliphatic rings. The van der Waals surface area contributed by atoms with Gasteiger partial charge >= 0.3 is 6.03 Å². The van der Waals surface area contributed by atoms with Crippen molar-refractivity contribution < 1.29 is 4.79 Å². The molecule has 1 aromatic heterocycles. The van der Waals surface area contributed by atoms with Gasteiger partial charge in [-0.1, -0.05) is 49.2 Å². The van der Waals surface area contributed by atoms with E-state index in [0.717, 1.165) is 13.0 Å². The number of hydrogen-bond acceptors (Lipinski definition) is 2. The Kier molecular flexibility index (Phi) is 5.34. The SMILES string of the molecule is O=C(NCCc1ccccc1)NCC1(c2cccs2)CCCC1. The lowest BCUT2D eigenvalue weighted by Gasteiger charge is -2.28. The molecule has 1 aromatic carbocycles. The molecule has 0 radical (unpaired) electrons. The minimum Gasteiger partial charge on any atom is -0.338 e. The summed E-state index contributed by atoms with van der Waals surface area (Å²) in [5.41, 5.74) is 1.41. The molecular formula is C19H24N2OS. The van der Waals surface area contributed by atoms with Gasteiger partial charge in [-0.05, 0) is 36.3 Å². The molecule has 3 rings (SSSR count). The van der Waals surface area contributed by atoms with E-state index in [1.165, 1.54) is 36.1 Å². The highest BCUT2D eigenvalue weighted by Gasteiger charge is 2.36. The van der Waals surface area contributed by atoms with Gasteiger partial charge in [-0.2, -0.15) is 0 Å². The summed E-state index contributed by atoms with van der Waals surface area (Å²) in [6.07, 6.45) is 5.74. The molecule has 1 heterocycles. The molecule has 4 heteroatoms. The minimum atomic E-state index is -0.0521. The van der Waals surface area contributed by atoms with Crippen LogP contribution >= 0.6 is 11.3 Å². The molecule has 23 heavy (non-hydrogen) atoms. The normalized spacial score (nSPS) is 16.2. The van der Waals surface area contributed by atoms with E-state index in [0.29, 0.717) is 6.54 Å². The fraction of sp³-hybridized carbons (Fsp3) is 0.421. The third kappa shape index (κ3) is 4.14. The van der Waals surface area contributed by atoms with Gasteiger partial charge in [0.2, 0.25) is 0 Å². The van der Waals surface area contributed by atoms with Gasteiger partial charge in [0, 0.05) is 23.4 Å². The zero-order valence-corrected chi connectivity index (χ0v) is 14.2. The predicted molar refractivity (Wildman–Crippen MR) is 96.0 cm³/mol. The van der Waals surface area contributed by atoms with Crippen molar-refractivity contribution in [1.29, 1.82) is 0 Å². The van der Waals surface area contributed by atoms with Gasteiger partial charge in [-0.15, -0.1) is 11.3 Å². The first-order valence-electron chi connectivity index (χ1n) is 8.38. The number of carbonyl (C=O) groups excluding carboxylic acids is 1. The molecule has 1 fully saturated rings. The van der Waals surface area contributed by atoms with Crippen molar-refractivity contribution in [2.24, 2.45) is 0 Å². The Morgan fingerprint density at radius 1 is 1.04 bits per heavy atom. The summed E-state index contributed by atoms with van der Waals surface area (Å²) < 4.78 is 0. The van der Waals surface area contributed by atoms with Crippen molar-refractivity contribution in [2.75, 3.05) is 13.1 Å². The van der Waals surface area contributed by atoms with Gasteiger partial charge in [0.05, 0.1) is 0 Å². The highest BCUT2D eigenvalue weighted by atomic mass is 32.1. The van der Waals surface area contributed by atoms with Crippen molar-refractivity contribution in [3.8, 4) is 0 Å². The topological polar surface area (TPSA) is 41.1 Å². The monoisotopic (exact) mass is 328 g/mol. The minimum absolute atomic E-state index is 0.0521. The van der Waals surface area contributed by atoms with Crippen LogP contribution in [0, 0.1) is 0 Å². The maximum absolute atomic E-state index is 12.1. The molecule has 2 aromatic rings. The van der Waals surface area contributed by atoms with Gasteiger partial charge < -0.3 is 10.6 Å². The highest BCUT2D eigenvalue weighted by Crippen LogP contribution is 2.42. The molecule has 1 saturated carbocycles. The van der Waals surface area contributed by atoms with Gasteiger partial charge in [-0.3, -0.25) is 0 Å². The van der Waals surface area contributed by atoms with Crippen LogP contribution in [0.25, 0.3) is 0 Å². The third-order valence-corrected chi connectivity index (χ3v) is 5.85. The van der Waals surface area contributed by atoms with E-state index in [-0.39, 0.29) is 11.4 Å². The molecular weight excluding hydrogens is 304 g/mol. The molecule has 122 valence electrons. The Balaban J connectivity index is 1.46. The first-order valence-corrected chi connectivity index (χ1v) is 9.26. The van der Waals surface area contributed by atoms with Crippen LogP contribution in [0.4, 0.5) is 4.79 Å². The van der Waals surface area contributed by atoms with E-state index >= 15 is 0 Å². The zero-order valence-electron chi connectivity index (χ0n) is 13.4. The summed E-state index contributed by atoms with van der Waals surface area (Å²) in [7, 11) is 0. The van der Waals surface area contributed by atoms with E-state index in [4.69, 9.17) is 0 Å². The lowest BCUT2D eigenvalue weighted by molar-refractivity contribution is 0.237. The van der Waals surface area contributed by atoms with Gasteiger partial charge in [0.15, 0.2) is 0 Å². The summed E-state index contributed by atoms with van der Waals surface area (Å²) >= 11 is 1.81. The molecule has 3 nitrogen and oxygen atoms in total. The summed E-state index contributed by atoms with van der Waals surface area (Å²) in [6.45, 7) is 1.41. The molecule has 0 unspecified atom stereocenters. The van der Waals surface area contributed by atoms with E-state index in [9.17, 15) is 4.79 Å². The largest absolute Gasteiger partial charge is 0.338 e. The lowest BCUT2D eigenvalue weighted by atomic mass is 9.84. The lowest BCUT2D eigenvalue weighted by Crippen LogP contribution is -2.43. The number of benzene rings is 1. The number of thiophene rings is 1. The molecule has 2 N–H and O–H groups in total. The van der Waals surface area contributed by atoms with Gasteiger partial charge in [-0.25, -0.2) is 4.79 Å². The number of amides is 2. The van der Waals surface area contributed by atoms with Crippen molar-refractivity contribution in [2.45, 2.75) is 37.5 Å². The Morgan fingerprint density at radius 3 is 2.52 bits per heavy atom. The van der Waals surface area contributed by atoms with Crippen molar-refractivity contribution in [3.05, 3.63) is 58.3 Å². The Bertz CT molecular complexity index is 604. The third-order valence-electron chi connectivity index (χ3n) is 4.73. The fourth-order valence-corrected chi connectivity index (χ4v) is 4.41. The van der Waals surface area contributed by atoms with Crippen LogP contribution in [0.15, 0.2) is 47.8 Å². The Morgan fingerprint density at radius 2 is 1.83 bits per heavy atom. The number of urea groups is 1. The van der Waals surface area contributed by atoms with Gasteiger partial charge in [0.25, 0.3) is 0 Å². The number of nitrogens with one attached hydrogen (secondary N) is 2. The van der Waals surface area contributed by atoms with E-state index < -0.39 is 0 Å². The standard InChI is InChI=1S/C19H24N2OS/c22-18(20-13-10-16-7-2-1-3-8-16)21-15-19(11-4-5-12-19)17-9-6-14-23-17/h1-3,6-9,14H,4-5,10-13,15H2,(H2,20,21,22). The van der Waals surface area contributed by atoms with Crippen LogP contribution in [0.1, 0.15) is 36.1 Å². The van der Waals surface area contributed by atoms with Crippen molar-refractivity contribution in [3.63, 3.8) is 0 Å². The fourth-order valence-electron chi connectivity index (χ4n) is 3.42. The second-order valence-electron chi connectivity index (χ2n) is 6.31. The maximum Gasteiger partial charge on any atom is 0.314 e. The Labute approximate surface area is 142 Å². The average molecular weight is 328 g/mol. The molecule has 0 saturated heterocycles. The van der Waals surface area contributed by atoms with Crippen LogP contribution in [0.5, 0.6) is 0 Å². The summed E-state index contributed by atoms with van der Waals surface area (Å²) in [6, 6.07) is 14.5. The zero-order chi connectivity index (χ0) is 16.0. The van der Waals surface area contributed by atoms with E-state index in [1.54, 1.807) is 0 Å². The first-order chi connectivity index (χ1) is 11.3.